The topological polar surface area (TPSA) is 35.5 Å². The van der Waals surface area contributed by atoms with Crippen molar-refractivity contribution < 1.29 is 5.11 Å². The van der Waals surface area contributed by atoms with Gasteiger partial charge in [-0.25, -0.2) is 0 Å². The molecule has 0 unspecified atom stereocenters. The number of hydrogen-bond acceptors (Lipinski definition) is 3. The van der Waals surface area contributed by atoms with E-state index < -0.39 is 0 Å². The van der Waals surface area contributed by atoms with Crippen LogP contribution >= 0.6 is 40.7 Å². The Morgan fingerprint density at radius 1 is 1.28 bits per heavy atom. The van der Waals surface area contributed by atoms with Crippen LogP contribution in [0, 0.1) is 0 Å². The van der Waals surface area contributed by atoms with Crippen LogP contribution in [0.15, 0.2) is 22.7 Å². The zero-order chi connectivity index (χ0) is 11.5. The molecule has 0 radical (unpaired) electrons. The summed E-state index contributed by atoms with van der Waals surface area (Å²) >= 11 is 3.54. The van der Waals surface area contributed by atoms with Gasteiger partial charge >= 0.3 is 0 Å². The molecule has 2 rings (SSSR count). The summed E-state index contributed by atoms with van der Waals surface area (Å²) in [5, 5.41) is 12.9. The lowest BCUT2D eigenvalue weighted by atomic mass is 10.1. The number of aromatic hydroxyl groups is 1. The number of nitrogens with zero attached hydrogens (tertiary/aromatic N) is 1. The van der Waals surface area contributed by atoms with Crippen LogP contribution in [-0.4, -0.2) is 36.2 Å². The third kappa shape index (κ3) is 4.28. The normalized spacial score (nSPS) is 17.4. The van der Waals surface area contributed by atoms with Crippen molar-refractivity contribution in [2.45, 2.75) is 13.0 Å². The molecular formula is C12H19BrCl2N2O. The van der Waals surface area contributed by atoms with Crippen LogP contribution in [0.2, 0.25) is 0 Å². The van der Waals surface area contributed by atoms with Gasteiger partial charge in [-0.3, -0.25) is 4.90 Å². The molecule has 104 valence electrons. The van der Waals surface area contributed by atoms with Gasteiger partial charge in [-0.05, 0) is 30.7 Å². The highest BCUT2D eigenvalue weighted by molar-refractivity contribution is 9.10. The predicted molar refractivity (Wildman–Crippen MR) is 83.2 cm³/mol. The minimum atomic E-state index is 0. The van der Waals surface area contributed by atoms with Crippen LogP contribution < -0.4 is 5.32 Å². The second-order valence-corrected chi connectivity index (χ2v) is 5.02. The van der Waals surface area contributed by atoms with Crippen LogP contribution in [0.4, 0.5) is 0 Å². The van der Waals surface area contributed by atoms with Gasteiger partial charge in [0.15, 0.2) is 0 Å². The summed E-state index contributed by atoms with van der Waals surface area (Å²) in [5.74, 6) is 0.334. The first-order chi connectivity index (χ1) is 7.68. The van der Waals surface area contributed by atoms with E-state index in [1.165, 1.54) is 0 Å². The Morgan fingerprint density at radius 2 is 1.89 bits per heavy atom. The summed E-state index contributed by atoms with van der Waals surface area (Å²) in [4.78, 5) is 2.43. The monoisotopic (exact) mass is 356 g/mol. The quantitative estimate of drug-likeness (QED) is 0.854. The second kappa shape index (κ2) is 8.23. The van der Waals surface area contributed by atoms with Crippen LogP contribution in [0.3, 0.4) is 0 Å². The molecule has 6 heteroatoms. The summed E-state index contributed by atoms with van der Waals surface area (Å²) in [6, 6.07) is 5.79. The highest BCUT2D eigenvalue weighted by Crippen LogP contribution is 2.30. The number of benzene rings is 1. The van der Waals surface area contributed by atoms with Gasteiger partial charge in [0.2, 0.25) is 0 Å². The van der Waals surface area contributed by atoms with Crippen molar-refractivity contribution in [3.05, 3.63) is 28.2 Å². The Labute approximate surface area is 129 Å². The fourth-order valence-electron chi connectivity index (χ4n) is 2.12. The standard InChI is InChI=1S/C12H17BrN2O.2ClH/c1-9(15-6-4-14-5-7-15)11-8-10(16)2-3-12(11)13;;/h2-3,8-9,14,16H,4-7H2,1H3;2*1H/t9-;;/m1../s1. The first-order valence-corrected chi connectivity index (χ1v) is 6.41. The highest BCUT2D eigenvalue weighted by Gasteiger charge is 2.19. The average Bonchev–Trinajstić information content (AvgIpc) is 2.32. The second-order valence-electron chi connectivity index (χ2n) is 4.17. The number of rotatable bonds is 2. The molecule has 0 spiro atoms. The van der Waals surface area contributed by atoms with Crippen molar-refractivity contribution in [1.82, 2.24) is 10.2 Å². The minimum absolute atomic E-state index is 0. The Hall–Kier alpha value is -0.000000000000000222. The largest absolute Gasteiger partial charge is 0.508 e. The van der Waals surface area contributed by atoms with Crippen molar-refractivity contribution in [3.63, 3.8) is 0 Å². The van der Waals surface area contributed by atoms with E-state index in [1.807, 2.05) is 12.1 Å². The summed E-state index contributed by atoms with van der Waals surface area (Å²) in [6.45, 7) is 6.39. The van der Waals surface area contributed by atoms with Gasteiger partial charge in [-0.1, -0.05) is 15.9 Å². The number of nitrogens with one attached hydrogen (secondary N) is 1. The molecule has 0 aliphatic carbocycles. The molecule has 1 heterocycles. The maximum absolute atomic E-state index is 9.53. The smallest absolute Gasteiger partial charge is 0.115 e. The average molecular weight is 358 g/mol. The molecule has 1 aromatic rings. The number of phenolic OH excluding ortho intramolecular Hbond substituents is 1. The van der Waals surface area contributed by atoms with Gasteiger partial charge in [0.25, 0.3) is 0 Å². The van der Waals surface area contributed by atoms with Crippen molar-refractivity contribution in [2.24, 2.45) is 0 Å². The summed E-state index contributed by atoms with van der Waals surface area (Å²) in [6.07, 6.45) is 0. The van der Waals surface area contributed by atoms with Gasteiger partial charge < -0.3 is 10.4 Å². The van der Waals surface area contributed by atoms with E-state index in [-0.39, 0.29) is 24.8 Å². The third-order valence-corrected chi connectivity index (χ3v) is 3.85. The molecule has 18 heavy (non-hydrogen) atoms. The maximum Gasteiger partial charge on any atom is 0.115 e. The lowest BCUT2D eigenvalue weighted by Gasteiger charge is -2.33. The summed E-state index contributed by atoms with van der Waals surface area (Å²) < 4.78 is 1.07. The molecule has 0 amide bonds. The van der Waals surface area contributed by atoms with Crippen molar-refractivity contribution >= 4 is 40.7 Å². The van der Waals surface area contributed by atoms with Crippen molar-refractivity contribution in [2.75, 3.05) is 26.2 Å². The molecule has 0 saturated carbocycles. The number of phenols is 1. The SMILES string of the molecule is C[C@H](c1cc(O)ccc1Br)N1CCNCC1.Cl.Cl. The van der Waals surface area contributed by atoms with Crippen molar-refractivity contribution in [3.8, 4) is 5.75 Å². The van der Waals surface area contributed by atoms with E-state index in [4.69, 9.17) is 0 Å². The number of halogens is 3. The summed E-state index contributed by atoms with van der Waals surface area (Å²) in [5.41, 5.74) is 1.15. The Balaban J connectivity index is 0.00000144. The van der Waals surface area contributed by atoms with Crippen LogP contribution in [0.1, 0.15) is 18.5 Å². The lowest BCUT2D eigenvalue weighted by molar-refractivity contribution is 0.185. The Kier molecular flexibility index (Phi) is 8.23. The molecule has 0 aromatic heterocycles. The summed E-state index contributed by atoms with van der Waals surface area (Å²) in [7, 11) is 0. The predicted octanol–water partition coefficient (Wildman–Crippen LogP) is 2.96. The molecule has 0 bridgehead atoms. The third-order valence-electron chi connectivity index (χ3n) is 3.13. The minimum Gasteiger partial charge on any atom is -0.508 e. The van der Waals surface area contributed by atoms with Gasteiger partial charge in [0.05, 0.1) is 0 Å². The van der Waals surface area contributed by atoms with Crippen molar-refractivity contribution in [1.29, 1.82) is 0 Å². The van der Waals surface area contributed by atoms with Gasteiger partial charge in [0.1, 0.15) is 5.75 Å². The van der Waals surface area contributed by atoms with Crippen LogP contribution in [0.5, 0.6) is 5.75 Å². The molecule has 2 N–H and O–H groups in total. The number of hydrogen-bond donors (Lipinski definition) is 2. The van der Waals surface area contributed by atoms with E-state index in [1.54, 1.807) is 6.07 Å². The van der Waals surface area contributed by atoms with E-state index in [9.17, 15) is 5.11 Å². The maximum atomic E-state index is 9.53. The van der Waals surface area contributed by atoms with E-state index in [0.29, 0.717) is 11.8 Å². The van der Waals surface area contributed by atoms with Gasteiger partial charge in [-0.15, -0.1) is 24.8 Å². The fourth-order valence-corrected chi connectivity index (χ4v) is 2.70. The van der Waals surface area contributed by atoms with Crippen LogP contribution in [0.25, 0.3) is 0 Å². The lowest BCUT2D eigenvalue weighted by Crippen LogP contribution is -2.44. The van der Waals surface area contributed by atoms with E-state index in [0.717, 1.165) is 36.2 Å². The molecule has 1 fully saturated rings. The molecule has 1 aliphatic heterocycles. The van der Waals surface area contributed by atoms with Gasteiger partial charge in [-0.2, -0.15) is 0 Å². The highest BCUT2D eigenvalue weighted by atomic mass is 79.9. The molecule has 1 aliphatic rings. The van der Waals surface area contributed by atoms with E-state index in [2.05, 4.69) is 33.1 Å². The first-order valence-electron chi connectivity index (χ1n) is 5.61. The van der Waals surface area contributed by atoms with Crippen LogP contribution in [-0.2, 0) is 0 Å². The number of piperazine rings is 1. The zero-order valence-electron chi connectivity index (χ0n) is 10.2. The molecule has 1 atom stereocenters. The van der Waals surface area contributed by atoms with Gasteiger partial charge in [0, 0.05) is 36.7 Å². The Bertz CT molecular complexity index is 373. The zero-order valence-corrected chi connectivity index (χ0v) is 13.4. The Morgan fingerprint density at radius 3 is 2.50 bits per heavy atom. The molecular weight excluding hydrogens is 339 g/mol. The first kappa shape index (κ1) is 18.0. The molecule has 3 nitrogen and oxygen atoms in total. The molecule has 1 aromatic carbocycles. The fraction of sp³-hybridized carbons (Fsp3) is 0.500. The molecule has 1 saturated heterocycles. The van der Waals surface area contributed by atoms with E-state index >= 15 is 0 Å².